The van der Waals surface area contributed by atoms with E-state index >= 15 is 0 Å². The fraction of sp³-hybridized carbons (Fsp3) is 0.875. The molecule has 0 aromatic rings. The van der Waals surface area contributed by atoms with Crippen LogP contribution in [0.2, 0.25) is 0 Å². The molecule has 0 radical (unpaired) electrons. The van der Waals surface area contributed by atoms with Gasteiger partial charge in [0.1, 0.15) is 6.29 Å². The molecular formula is C8H14O2. The van der Waals surface area contributed by atoms with Crippen LogP contribution in [0.4, 0.5) is 0 Å². The molecule has 10 heavy (non-hydrogen) atoms. The number of carbonyl (C=O) groups is 1. The maximum absolute atomic E-state index is 10.1. The lowest BCUT2D eigenvalue weighted by Gasteiger charge is -2.25. The third-order valence-electron chi connectivity index (χ3n) is 2.27. The highest BCUT2D eigenvalue weighted by atomic mass is 16.3. The van der Waals surface area contributed by atoms with Crippen LogP contribution in [0.3, 0.4) is 0 Å². The highest BCUT2D eigenvalue weighted by Crippen LogP contribution is 2.25. The highest BCUT2D eigenvalue weighted by Gasteiger charge is 2.21. The SMILES string of the molecule is O=CC[C@@H]1CCCC[C@H]1O. The molecule has 0 spiro atoms. The molecule has 1 N–H and O–H groups in total. The van der Waals surface area contributed by atoms with Crippen molar-refractivity contribution in [1.82, 2.24) is 0 Å². The highest BCUT2D eigenvalue weighted by molar-refractivity contribution is 5.49. The largest absolute Gasteiger partial charge is 0.393 e. The van der Waals surface area contributed by atoms with Gasteiger partial charge in [-0.25, -0.2) is 0 Å². The van der Waals surface area contributed by atoms with Crippen molar-refractivity contribution in [3.63, 3.8) is 0 Å². The third-order valence-corrected chi connectivity index (χ3v) is 2.27. The van der Waals surface area contributed by atoms with E-state index in [4.69, 9.17) is 0 Å². The Balaban J connectivity index is 2.32. The minimum atomic E-state index is -0.209. The molecule has 2 nitrogen and oxygen atoms in total. The van der Waals surface area contributed by atoms with E-state index in [0.29, 0.717) is 6.42 Å². The first-order valence-corrected chi connectivity index (χ1v) is 3.96. The zero-order valence-electron chi connectivity index (χ0n) is 6.12. The van der Waals surface area contributed by atoms with Crippen molar-refractivity contribution < 1.29 is 9.90 Å². The second kappa shape index (κ2) is 3.71. The summed E-state index contributed by atoms with van der Waals surface area (Å²) in [5, 5.41) is 9.34. The van der Waals surface area contributed by atoms with Crippen LogP contribution in [0.15, 0.2) is 0 Å². The quantitative estimate of drug-likeness (QED) is 0.587. The molecule has 2 heteroatoms. The fourth-order valence-corrected chi connectivity index (χ4v) is 1.59. The first kappa shape index (κ1) is 7.73. The number of hydrogen-bond acceptors (Lipinski definition) is 2. The number of carbonyl (C=O) groups excluding carboxylic acids is 1. The van der Waals surface area contributed by atoms with Gasteiger partial charge in [0.15, 0.2) is 0 Å². The molecule has 58 valence electrons. The molecule has 1 fully saturated rings. The van der Waals surface area contributed by atoms with Crippen molar-refractivity contribution in [3.05, 3.63) is 0 Å². The molecule has 2 atom stereocenters. The minimum Gasteiger partial charge on any atom is -0.393 e. The number of aliphatic hydroxyl groups is 1. The first-order valence-electron chi connectivity index (χ1n) is 3.96. The van der Waals surface area contributed by atoms with Crippen molar-refractivity contribution in [3.8, 4) is 0 Å². The lowest BCUT2D eigenvalue weighted by Crippen LogP contribution is -2.24. The van der Waals surface area contributed by atoms with E-state index in [2.05, 4.69) is 0 Å². The number of hydrogen-bond donors (Lipinski definition) is 1. The molecule has 0 aromatic heterocycles. The van der Waals surface area contributed by atoms with Gasteiger partial charge < -0.3 is 9.90 Å². The van der Waals surface area contributed by atoms with Crippen molar-refractivity contribution in [2.75, 3.05) is 0 Å². The van der Waals surface area contributed by atoms with Gasteiger partial charge in [0.2, 0.25) is 0 Å². The molecule has 0 unspecified atom stereocenters. The van der Waals surface area contributed by atoms with Gasteiger partial charge in [-0.2, -0.15) is 0 Å². The van der Waals surface area contributed by atoms with Crippen LogP contribution in [-0.4, -0.2) is 17.5 Å². The summed E-state index contributed by atoms with van der Waals surface area (Å²) in [6, 6.07) is 0. The molecule has 0 heterocycles. The Morgan fingerprint density at radius 3 is 2.70 bits per heavy atom. The summed E-state index contributed by atoms with van der Waals surface area (Å²) in [4.78, 5) is 10.1. The Kier molecular flexibility index (Phi) is 2.87. The van der Waals surface area contributed by atoms with E-state index in [1.807, 2.05) is 0 Å². The molecule has 1 rings (SSSR count). The Bertz CT molecular complexity index is 112. The normalized spacial score (nSPS) is 33.7. The van der Waals surface area contributed by atoms with Gasteiger partial charge >= 0.3 is 0 Å². The molecule has 1 aliphatic carbocycles. The van der Waals surface area contributed by atoms with Crippen molar-refractivity contribution >= 4 is 6.29 Å². The summed E-state index contributed by atoms with van der Waals surface area (Å²) in [6.45, 7) is 0. The van der Waals surface area contributed by atoms with Crippen molar-refractivity contribution in [2.45, 2.75) is 38.2 Å². The standard InChI is InChI=1S/C8H14O2/c9-6-5-7-3-1-2-4-8(7)10/h6-8,10H,1-5H2/t7-,8+/m0/s1. The van der Waals surface area contributed by atoms with Crippen LogP contribution in [0, 0.1) is 5.92 Å². The van der Waals surface area contributed by atoms with Crippen molar-refractivity contribution in [1.29, 1.82) is 0 Å². The third kappa shape index (κ3) is 1.81. The second-order valence-electron chi connectivity index (χ2n) is 3.01. The second-order valence-corrected chi connectivity index (χ2v) is 3.01. The van der Waals surface area contributed by atoms with E-state index in [1.165, 1.54) is 6.42 Å². The Hall–Kier alpha value is -0.370. The smallest absolute Gasteiger partial charge is 0.120 e. The Morgan fingerprint density at radius 1 is 1.40 bits per heavy atom. The maximum Gasteiger partial charge on any atom is 0.120 e. The molecule has 0 bridgehead atoms. The molecule has 1 aliphatic rings. The predicted octanol–water partition coefficient (Wildman–Crippen LogP) is 1.13. The predicted molar refractivity (Wildman–Crippen MR) is 38.6 cm³/mol. The Morgan fingerprint density at radius 2 is 2.10 bits per heavy atom. The zero-order chi connectivity index (χ0) is 7.40. The van der Waals surface area contributed by atoms with Crippen LogP contribution in [0.1, 0.15) is 32.1 Å². The summed E-state index contributed by atoms with van der Waals surface area (Å²) in [5.74, 6) is 0.256. The molecule has 0 aromatic carbocycles. The van der Waals surface area contributed by atoms with Gasteiger partial charge in [0, 0.05) is 6.42 Å². The van der Waals surface area contributed by atoms with E-state index in [-0.39, 0.29) is 12.0 Å². The van der Waals surface area contributed by atoms with Crippen LogP contribution in [0.25, 0.3) is 0 Å². The summed E-state index contributed by atoms with van der Waals surface area (Å²) in [7, 11) is 0. The zero-order valence-corrected chi connectivity index (χ0v) is 6.12. The average Bonchev–Trinajstić information content (AvgIpc) is 1.94. The Labute approximate surface area is 61.2 Å². The number of aliphatic hydroxyl groups excluding tert-OH is 1. The molecule has 0 amide bonds. The van der Waals surface area contributed by atoms with E-state index in [0.717, 1.165) is 25.5 Å². The van der Waals surface area contributed by atoms with Crippen molar-refractivity contribution in [2.24, 2.45) is 5.92 Å². The summed E-state index contributed by atoms with van der Waals surface area (Å²) < 4.78 is 0. The first-order chi connectivity index (χ1) is 4.84. The number of aldehydes is 1. The minimum absolute atomic E-state index is 0.209. The number of rotatable bonds is 2. The van der Waals surface area contributed by atoms with Gasteiger partial charge in [0.05, 0.1) is 6.10 Å². The van der Waals surface area contributed by atoms with E-state index < -0.39 is 0 Å². The fourth-order valence-electron chi connectivity index (χ4n) is 1.59. The van der Waals surface area contributed by atoms with Gasteiger partial charge in [-0.05, 0) is 18.8 Å². The average molecular weight is 142 g/mol. The van der Waals surface area contributed by atoms with Gasteiger partial charge in [0.25, 0.3) is 0 Å². The van der Waals surface area contributed by atoms with E-state index in [9.17, 15) is 9.90 Å². The molecular weight excluding hydrogens is 128 g/mol. The molecule has 1 saturated carbocycles. The summed E-state index contributed by atoms with van der Waals surface area (Å²) in [5.41, 5.74) is 0. The van der Waals surface area contributed by atoms with Gasteiger partial charge in [-0.15, -0.1) is 0 Å². The monoisotopic (exact) mass is 142 g/mol. The van der Waals surface area contributed by atoms with Crippen LogP contribution in [0.5, 0.6) is 0 Å². The lowest BCUT2D eigenvalue weighted by atomic mass is 9.85. The summed E-state index contributed by atoms with van der Waals surface area (Å²) >= 11 is 0. The van der Waals surface area contributed by atoms with Crippen LogP contribution >= 0.6 is 0 Å². The summed E-state index contributed by atoms with van der Waals surface area (Å²) in [6.07, 6.45) is 5.46. The maximum atomic E-state index is 10.1. The lowest BCUT2D eigenvalue weighted by molar-refractivity contribution is -0.109. The van der Waals surface area contributed by atoms with Gasteiger partial charge in [-0.1, -0.05) is 12.8 Å². The molecule has 0 aliphatic heterocycles. The van der Waals surface area contributed by atoms with E-state index in [1.54, 1.807) is 0 Å². The topological polar surface area (TPSA) is 37.3 Å². The van der Waals surface area contributed by atoms with Crippen LogP contribution in [-0.2, 0) is 4.79 Å². The van der Waals surface area contributed by atoms with Gasteiger partial charge in [-0.3, -0.25) is 0 Å². The van der Waals surface area contributed by atoms with Crippen LogP contribution < -0.4 is 0 Å². The molecule has 0 saturated heterocycles.